The number of hydrogen-bond acceptors (Lipinski definition) is 1. The van der Waals surface area contributed by atoms with Crippen molar-refractivity contribution in [3.05, 3.63) is 48.0 Å². The smallest absolute Gasteiger partial charge is 0.222 e. The molecule has 1 fully saturated rings. The first-order chi connectivity index (χ1) is 9.33. The van der Waals surface area contributed by atoms with Gasteiger partial charge in [0.1, 0.15) is 0 Å². The van der Waals surface area contributed by atoms with Crippen LogP contribution in [0.2, 0.25) is 0 Å². The Bertz CT molecular complexity index is 591. The zero-order valence-corrected chi connectivity index (χ0v) is 11.1. The van der Waals surface area contributed by atoms with Crippen molar-refractivity contribution in [1.29, 1.82) is 0 Å². The molecular weight excluding hydrogens is 234 g/mol. The van der Waals surface area contributed by atoms with Crippen molar-refractivity contribution >= 4 is 16.7 Å². The van der Waals surface area contributed by atoms with Crippen LogP contribution in [0.5, 0.6) is 0 Å². The third-order valence-corrected chi connectivity index (χ3v) is 3.86. The minimum atomic E-state index is 0.311. The number of likely N-dealkylation sites (tertiary alicyclic amines) is 1. The maximum atomic E-state index is 12.0. The van der Waals surface area contributed by atoms with Gasteiger partial charge in [-0.15, -0.1) is 0 Å². The second-order valence-corrected chi connectivity index (χ2v) is 5.31. The number of amides is 1. The van der Waals surface area contributed by atoms with E-state index in [2.05, 4.69) is 42.5 Å². The van der Waals surface area contributed by atoms with Crippen molar-refractivity contribution < 1.29 is 4.79 Å². The maximum absolute atomic E-state index is 12.0. The second kappa shape index (κ2) is 5.43. The molecule has 98 valence electrons. The molecule has 2 nitrogen and oxygen atoms in total. The monoisotopic (exact) mass is 253 g/mol. The predicted octanol–water partition coefficient (Wildman–Crippen LogP) is 3.74. The molecular formula is C17H19NO. The van der Waals surface area contributed by atoms with Crippen LogP contribution in [0.15, 0.2) is 42.5 Å². The number of fused-ring (bicyclic) bond motifs is 1. The average molecular weight is 253 g/mol. The summed E-state index contributed by atoms with van der Waals surface area (Å²) in [5.74, 6) is 0.311. The minimum absolute atomic E-state index is 0.311. The summed E-state index contributed by atoms with van der Waals surface area (Å²) in [4.78, 5) is 14.0. The molecule has 0 atom stereocenters. The van der Waals surface area contributed by atoms with E-state index in [1.807, 2.05) is 4.90 Å². The molecule has 0 radical (unpaired) electrons. The van der Waals surface area contributed by atoms with Gasteiger partial charge in [0.15, 0.2) is 0 Å². The van der Waals surface area contributed by atoms with Gasteiger partial charge in [0.2, 0.25) is 5.91 Å². The molecule has 0 saturated carbocycles. The standard InChI is InChI=1S/C17H19NO/c19-17-8-2-1-5-11-18(17)13-14-9-10-15-6-3-4-7-16(15)12-14/h3-4,6-7,9-10,12H,1-2,5,8,11,13H2. The van der Waals surface area contributed by atoms with E-state index in [9.17, 15) is 4.79 Å². The molecule has 2 heteroatoms. The third-order valence-electron chi connectivity index (χ3n) is 3.86. The Kier molecular flexibility index (Phi) is 3.49. The van der Waals surface area contributed by atoms with E-state index >= 15 is 0 Å². The fraction of sp³-hybridized carbons (Fsp3) is 0.353. The van der Waals surface area contributed by atoms with Gasteiger partial charge >= 0.3 is 0 Å². The SMILES string of the molecule is O=C1CCCCCN1Cc1ccc2ccccc2c1. The van der Waals surface area contributed by atoms with E-state index in [1.165, 1.54) is 22.8 Å². The summed E-state index contributed by atoms with van der Waals surface area (Å²) in [6.45, 7) is 1.66. The Morgan fingerprint density at radius 2 is 1.79 bits per heavy atom. The van der Waals surface area contributed by atoms with E-state index in [0.717, 1.165) is 25.9 Å². The van der Waals surface area contributed by atoms with Crippen LogP contribution in [0.4, 0.5) is 0 Å². The summed E-state index contributed by atoms with van der Waals surface area (Å²) < 4.78 is 0. The molecule has 0 N–H and O–H groups in total. The Morgan fingerprint density at radius 3 is 2.68 bits per heavy atom. The first-order valence-electron chi connectivity index (χ1n) is 7.08. The first-order valence-corrected chi connectivity index (χ1v) is 7.08. The second-order valence-electron chi connectivity index (χ2n) is 5.31. The number of carbonyl (C=O) groups is 1. The minimum Gasteiger partial charge on any atom is -0.338 e. The average Bonchev–Trinajstić information content (AvgIpc) is 2.64. The Labute approximate surface area is 114 Å². The summed E-state index contributed by atoms with van der Waals surface area (Å²) in [7, 11) is 0. The quantitative estimate of drug-likeness (QED) is 0.798. The van der Waals surface area contributed by atoms with Crippen molar-refractivity contribution in [2.75, 3.05) is 6.54 Å². The summed E-state index contributed by atoms with van der Waals surface area (Å²) in [6.07, 6.45) is 4.08. The zero-order chi connectivity index (χ0) is 13.1. The lowest BCUT2D eigenvalue weighted by Crippen LogP contribution is -2.29. The summed E-state index contributed by atoms with van der Waals surface area (Å²) >= 11 is 0. The Hall–Kier alpha value is -1.83. The van der Waals surface area contributed by atoms with Crippen LogP contribution in [0.25, 0.3) is 10.8 Å². The molecule has 0 unspecified atom stereocenters. The number of benzene rings is 2. The molecule has 1 aliphatic rings. The molecule has 0 bridgehead atoms. The number of carbonyl (C=O) groups excluding carboxylic acids is 1. The molecule has 0 spiro atoms. The van der Waals surface area contributed by atoms with Crippen LogP contribution in [0.3, 0.4) is 0 Å². The van der Waals surface area contributed by atoms with Gasteiger partial charge in [0.05, 0.1) is 0 Å². The maximum Gasteiger partial charge on any atom is 0.222 e. The van der Waals surface area contributed by atoms with Crippen molar-refractivity contribution in [2.24, 2.45) is 0 Å². The van der Waals surface area contributed by atoms with Gasteiger partial charge in [-0.2, -0.15) is 0 Å². The van der Waals surface area contributed by atoms with Gasteiger partial charge in [0.25, 0.3) is 0 Å². The molecule has 0 aliphatic carbocycles. The van der Waals surface area contributed by atoms with E-state index < -0.39 is 0 Å². The van der Waals surface area contributed by atoms with E-state index in [4.69, 9.17) is 0 Å². The first kappa shape index (κ1) is 12.2. The van der Waals surface area contributed by atoms with Crippen LogP contribution >= 0.6 is 0 Å². The molecule has 0 aromatic heterocycles. The Balaban J connectivity index is 1.82. The van der Waals surface area contributed by atoms with Crippen LogP contribution in [-0.2, 0) is 11.3 Å². The lowest BCUT2D eigenvalue weighted by molar-refractivity contribution is -0.131. The van der Waals surface area contributed by atoms with Gasteiger partial charge in [0, 0.05) is 19.5 Å². The van der Waals surface area contributed by atoms with Crippen molar-refractivity contribution in [3.8, 4) is 0 Å². The van der Waals surface area contributed by atoms with Crippen LogP contribution in [0.1, 0.15) is 31.2 Å². The van der Waals surface area contributed by atoms with Crippen LogP contribution < -0.4 is 0 Å². The van der Waals surface area contributed by atoms with Crippen molar-refractivity contribution in [2.45, 2.75) is 32.2 Å². The van der Waals surface area contributed by atoms with E-state index in [1.54, 1.807) is 0 Å². The van der Waals surface area contributed by atoms with Gasteiger partial charge in [-0.3, -0.25) is 4.79 Å². The number of rotatable bonds is 2. The zero-order valence-electron chi connectivity index (χ0n) is 11.1. The lowest BCUT2D eigenvalue weighted by Gasteiger charge is -2.20. The number of hydrogen-bond donors (Lipinski definition) is 0. The van der Waals surface area contributed by atoms with Gasteiger partial charge in [-0.1, -0.05) is 42.8 Å². The topological polar surface area (TPSA) is 20.3 Å². The van der Waals surface area contributed by atoms with Gasteiger partial charge in [-0.05, 0) is 35.2 Å². The fourth-order valence-electron chi connectivity index (χ4n) is 2.76. The fourth-order valence-corrected chi connectivity index (χ4v) is 2.76. The van der Waals surface area contributed by atoms with Gasteiger partial charge in [-0.25, -0.2) is 0 Å². The third kappa shape index (κ3) is 2.78. The Morgan fingerprint density at radius 1 is 0.947 bits per heavy atom. The van der Waals surface area contributed by atoms with E-state index in [-0.39, 0.29) is 0 Å². The summed E-state index contributed by atoms with van der Waals surface area (Å²) in [5.41, 5.74) is 1.23. The van der Waals surface area contributed by atoms with Gasteiger partial charge < -0.3 is 4.90 Å². The number of nitrogens with zero attached hydrogens (tertiary/aromatic N) is 1. The predicted molar refractivity (Wildman–Crippen MR) is 77.8 cm³/mol. The van der Waals surface area contributed by atoms with Crippen molar-refractivity contribution in [1.82, 2.24) is 4.90 Å². The molecule has 1 heterocycles. The van der Waals surface area contributed by atoms with E-state index in [0.29, 0.717) is 12.3 Å². The van der Waals surface area contributed by atoms with Crippen LogP contribution in [0, 0.1) is 0 Å². The molecule has 19 heavy (non-hydrogen) atoms. The van der Waals surface area contributed by atoms with Crippen LogP contribution in [-0.4, -0.2) is 17.4 Å². The molecule has 1 aliphatic heterocycles. The highest BCUT2D eigenvalue weighted by atomic mass is 16.2. The molecule has 1 amide bonds. The molecule has 1 saturated heterocycles. The molecule has 3 rings (SSSR count). The summed E-state index contributed by atoms with van der Waals surface area (Å²) in [5, 5.41) is 2.51. The molecule has 2 aromatic carbocycles. The lowest BCUT2D eigenvalue weighted by atomic mass is 10.1. The van der Waals surface area contributed by atoms with Crippen molar-refractivity contribution in [3.63, 3.8) is 0 Å². The largest absolute Gasteiger partial charge is 0.338 e. The molecule has 2 aromatic rings. The normalized spacial score (nSPS) is 16.6. The highest BCUT2D eigenvalue weighted by molar-refractivity contribution is 5.83. The highest BCUT2D eigenvalue weighted by Crippen LogP contribution is 2.19. The summed E-state index contributed by atoms with van der Waals surface area (Å²) in [6, 6.07) is 14.9. The highest BCUT2D eigenvalue weighted by Gasteiger charge is 2.16.